The smallest absolute Gasteiger partial charge is 0.246 e. The molecule has 0 aliphatic rings. The molecule has 0 aliphatic carbocycles. The minimum Gasteiger partial charge on any atom is -0.469 e. The van der Waals surface area contributed by atoms with Gasteiger partial charge in [-0.05, 0) is 6.92 Å². The highest BCUT2D eigenvalue weighted by Crippen LogP contribution is 2.02. The molecule has 0 spiro atoms. The molecule has 0 atom stereocenters. The van der Waals surface area contributed by atoms with Gasteiger partial charge in [-0.1, -0.05) is 29.3 Å². The SMILES string of the molecule is C/C=C\OC(Cl)Cl. The van der Waals surface area contributed by atoms with Crippen LogP contribution in [0.5, 0.6) is 0 Å². The minimum absolute atomic E-state index is 0.740. The molecule has 0 saturated carbocycles. The van der Waals surface area contributed by atoms with E-state index in [1.165, 1.54) is 6.26 Å². The lowest BCUT2D eigenvalue weighted by molar-refractivity contribution is 0.280. The quantitative estimate of drug-likeness (QED) is 0.423. The summed E-state index contributed by atoms with van der Waals surface area (Å²) in [6.45, 7) is 1.82. The molecule has 0 aromatic rings. The minimum atomic E-state index is -0.740. The third-order valence-corrected chi connectivity index (χ3v) is 0.523. The molecule has 0 rings (SSSR count). The van der Waals surface area contributed by atoms with Gasteiger partial charge in [-0.2, -0.15) is 0 Å². The second-order valence-corrected chi connectivity index (χ2v) is 1.88. The van der Waals surface area contributed by atoms with Gasteiger partial charge in [0.15, 0.2) is 0 Å². The van der Waals surface area contributed by atoms with Crippen molar-refractivity contribution in [1.29, 1.82) is 0 Å². The first kappa shape index (κ1) is 7.12. The van der Waals surface area contributed by atoms with E-state index < -0.39 is 5.02 Å². The summed E-state index contributed by atoms with van der Waals surface area (Å²) in [7, 11) is 0. The summed E-state index contributed by atoms with van der Waals surface area (Å²) in [6, 6.07) is 0. The molecule has 0 aliphatic heterocycles. The topological polar surface area (TPSA) is 9.23 Å². The van der Waals surface area contributed by atoms with Crippen LogP contribution in [0.15, 0.2) is 12.3 Å². The van der Waals surface area contributed by atoms with E-state index in [1.807, 2.05) is 6.92 Å². The van der Waals surface area contributed by atoms with Gasteiger partial charge >= 0.3 is 0 Å². The van der Waals surface area contributed by atoms with Crippen LogP contribution in [0, 0.1) is 0 Å². The number of alkyl halides is 2. The lowest BCUT2D eigenvalue weighted by Gasteiger charge is -1.95. The van der Waals surface area contributed by atoms with Crippen molar-refractivity contribution in [2.45, 2.75) is 11.9 Å². The number of hydrogen-bond donors (Lipinski definition) is 0. The Morgan fingerprint density at radius 3 is 2.29 bits per heavy atom. The van der Waals surface area contributed by atoms with Gasteiger partial charge in [0.2, 0.25) is 5.02 Å². The fourth-order valence-corrected chi connectivity index (χ4v) is 0.257. The van der Waals surface area contributed by atoms with Crippen LogP contribution in [-0.2, 0) is 4.74 Å². The zero-order valence-electron chi connectivity index (χ0n) is 3.90. The number of rotatable bonds is 2. The van der Waals surface area contributed by atoms with E-state index in [-0.39, 0.29) is 0 Å². The van der Waals surface area contributed by atoms with Gasteiger partial charge in [0.1, 0.15) is 0 Å². The van der Waals surface area contributed by atoms with Crippen LogP contribution in [-0.4, -0.2) is 5.02 Å². The second kappa shape index (κ2) is 4.28. The van der Waals surface area contributed by atoms with Crippen LogP contribution in [0.4, 0.5) is 0 Å². The molecule has 0 saturated heterocycles. The van der Waals surface area contributed by atoms with Gasteiger partial charge < -0.3 is 4.74 Å². The fourth-order valence-electron chi connectivity index (χ4n) is 0.138. The Morgan fingerprint density at radius 2 is 2.14 bits per heavy atom. The summed E-state index contributed by atoms with van der Waals surface area (Å²) >= 11 is 10.3. The van der Waals surface area contributed by atoms with Crippen molar-refractivity contribution in [3.63, 3.8) is 0 Å². The lowest BCUT2D eigenvalue weighted by atomic mass is 10.7. The monoisotopic (exact) mass is 140 g/mol. The maximum Gasteiger partial charge on any atom is 0.246 e. The van der Waals surface area contributed by atoms with Crippen molar-refractivity contribution in [2.75, 3.05) is 0 Å². The zero-order valence-corrected chi connectivity index (χ0v) is 5.41. The molecule has 0 N–H and O–H groups in total. The Balaban J connectivity index is 2.97. The first-order chi connectivity index (χ1) is 3.27. The highest BCUT2D eigenvalue weighted by molar-refractivity contribution is 6.43. The molecular formula is C4H6Cl2O. The average Bonchev–Trinajstić information content (AvgIpc) is 1.61. The van der Waals surface area contributed by atoms with E-state index in [1.54, 1.807) is 6.08 Å². The van der Waals surface area contributed by atoms with Crippen LogP contribution in [0.25, 0.3) is 0 Å². The van der Waals surface area contributed by atoms with Gasteiger partial charge in [0.05, 0.1) is 6.26 Å². The molecule has 3 heteroatoms. The van der Waals surface area contributed by atoms with Crippen molar-refractivity contribution < 1.29 is 4.74 Å². The van der Waals surface area contributed by atoms with Crippen LogP contribution < -0.4 is 0 Å². The Hall–Kier alpha value is 0.120. The van der Waals surface area contributed by atoms with E-state index in [4.69, 9.17) is 23.2 Å². The molecule has 0 amide bonds. The fraction of sp³-hybridized carbons (Fsp3) is 0.500. The summed E-state index contributed by atoms with van der Waals surface area (Å²) in [5, 5.41) is -0.740. The van der Waals surface area contributed by atoms with Crippen molar-refractivity contribution >= 4 is 23.2 Å². The first-order valence-corrected chi connectivity index (χ1v) is 2.69. The van der Waals surface area contributed by atoms with E-state index in [0.29, 0.717) is 0 Å². The Morgan fingerprint density at radius 1 is 1.57 bits per heavy atom. The van der Waals surface area contributed by atoms with E-state index in [9.17, 15) is 0 Å². The largest absolute Gasteiger partial charge is 0.469 e. The molecule has 0 heterocycles. The molecule has 0 fully saturated rings. The Kier molecular flexibility index (Phi) is 4.36. The molecule has 0 unspecified atom stereocenters. The van der Waals surface area contributed by atoms with Crippen LogP contribution in [0.1, 0.15) is 6.92 Å². The van der Waals surface area contributed by atoms with E-state index in [0.717, 1.165) is 0 Å². The van der Waals surface area contributed by atoms with Gasteiger partial charge in [0, 0.05) is 0 Å². The number of allylic oxidation sites excluding steroid dienone is 1. The predicted octanol–water partition coefficient (Wildman–Crippen LogP) is 2.30. The van der Waals surface area contributed by atoms with E-state index >= 15 is 0 Å². The molecule has 1 nitrogen and oxygen atoms in total. The van der Waals surface area contributed by atoms with Gasteiger partial charge in [-0.25, -0.2) is 0 Å². The maximum atomic E-state index is 5.15. The summed E-state index contributed by atoms with van der Waals surface area (Å²) in [6.07, 6.45) is 3.14. The molecule has 7 heavy (non-hydrogen) atoms. The summed E-state index contributed by atoms with van der Waals surface area (Å²) in [4.78, 5) is 0. The molecule has 0 aromatic carbocycles. The molecule has 0 radical (unpaired) electrons. The number of halogens is 2. The molecule has 0 aromatic heterocycles. The van der Waals surface area contributed by atoms with Crippen molar-refractivity contribution in [1.82, 2.24) is 0 Å². The highest BCUT2D eigenvalue weighted by atomic mass is 35.5. The van der Waals surface area contributed by atoms with Crippen molar-refractivity contribution in [3.05, 3.63) is 12.3 Å². The summed E-state index contributed by atoms with van der Waals surface area (Å²) in [5.74, 6) is 0. The highest BCUT2D eigenvalue weighted by Gasteiger charge is 1.88. The Bertz CT molecular complexity index is 60.7. The van der Waals surface area contributed by atoms with Crippen LogP contribution in [0.3, 0.4) is 0 Å². The van der Waals surface area contributed by atoms with Gasteiger partial charge in [0.25, 0.3) is 0 Å². The van der Waals surface area contributed by atoms with Gasteiger partial charge in [-0.15, -0.1) is 0 Å². The predicted molar refractivity (Wildman–Crippen MR) is 31.4 cm³/mol. The maximum absolute atomic E-state index is 5.15. The Labute approximate surface area is 52.9 Å². The molecular weight excluding hydrogens is 135 g/mol. The molecule has 0 bridgehead atoms. The third-order valence-electron chi connectivity index (χ3n) is 0.318. The average molecular weight is 141 g/mol. The third kappa shape index (κ3) is 6.12. The van der Waals surface area contributed by atoms with Crippen LogP contribution >= 0.6 is 23.2 Å². The van der Waals surface area contributed by atoms with Gasteiger partial charge in [-0.3, -0.25) is 0 Å². The molecule has 42 valence electrons. The van der Waals surface area contributed by atoms with Crippen molar-refractivity contribution in [3.8, 4) is 0 Å². The van der Waals surface area contributed by atoms with Crippen molar-refractivity contribution in [2.24, 2.45) is 0 Å². The number of hydrogen-bond acceptors (Lipinski definition) is 1. The van der Waals surface area contributed by atoms with E-state index in [2.05, 4.69) is 4.74 Å². The second-order valence-electron chi connectivity index (χ2n) is 0.866. The number of ether oxygens (including phenoxy) is 1. The standard InChI is InChI=1S/C4H6Cl2O/c1-2-3-7-4(5)6/h2-4H,1H3/b3-2-. The normalized spacial score (nSPS) is 10.9. The zero-order chi connectivity index (χ0) is 5.70. The van der Waals surface area contributed by atoms with Crippen LogP contribution in [0.2, 0.25) is 0 Å². The summed E-state index contributed by atoms with van der Waals surface area (Å²) < 4.78 is 4.54. The summed E-state index contributed by atoms with van der Waals surface area (Å²) in [5.41, 5.74) is 0. The first-order valence-electron chi connectivity index (χ1n) is 1.82. The lowest BCUT2D eigenvalue weighted by Crippen LogP contribution is -1.84.